The fourth-order valence-electron chi connectivity index (χ4n) is 1.87. The van der Waals surface area contributed by atoms with Crippen LogP contribution in [0.25, 0.3) is 0 Å². The maximum atomic E-state index is 10.3. The molecule has 1 N–H and O–H groups in total. The topological polar surface area (TPSA) is 47.3 Å². The van der Waals surface area contributed by atoms with Crippen molar-refractivity contribution in [2.45, 2.75) is 31.9 Å². The van der Waals surface area contributed by atoms with Gasteiger partial charge in [0.1, 0.15) is 5.60 Å². The van der Waals surface area contributed by atoms with Crippen molar-refractivity contribution in [3.8, 4) is 0 Å². The Bertz CT molecular complexity index is 303. The van der Waals surface area contributed by atoms with Gasteiger partial charge in [0.25, 0.3) is 0 Å². The van der Waals surface area contributed by atoms with Crippen molar-refractivity contribution < 1.29 is 9.84 Å². The Hall–Kier alpha value is -0.870. The van der Waals surface area contributed by atoms with E-state index in [1.165, 1.54) is 0 Å². The molecule has 0 spiro atoms. The molecule has 0 aromatic carbocycles. The Kier molecular flexibility index (Phi) is 2.56. The summed E-state index contributed by atoms with van der Waals surface area (Å²) in [5.74, 6) is 0. The van der Waals surface area contributed by atoms with Gasteiger partial charge in [-0.15, -0.1) is 0 Å². The van der Waals surface area contributed by atoms with Gasteiger partial charge in [0.15, 0.2) is 0 Å². The molecule has 1 saturated heterocycles. The zero-order chi connectivity index (χ0) is 10.0. The molecule has 4 nitrogen and oxygen atoms in total. The van der Waals surface area contributed by atoms with E-state index in [0.29, 0.717) is 19.6 Å². The van der Waals surface area contributed by atoms with Crippen LogP contribution in [0.1, 0.15) is 25.5 Å². The summed E-state index contributed by atoms with van der Waals surface area (Å²) in [6.07, 6.45) is 3.43. The van der Waals surface area contributed by atoms with Gasteiger partial charge in [-0.2, -0.15) is 5.10 Å². The molecule has 2 heterocycles. The number of nitrogens with zero attached hydrogens (tertiary/aromatic N) is 2. The zero-order valence-electron chi connectivity index (χ0n) is 8.44. The average molecular weight is 196 g/mol. The second-order valence-electron chi connectivity index (χ2n) is 3.77. The standard InChI is InChI=1S/C10H16N2O2/c1-2-6-12-9(3-5-11-12)10(13)4-7-14-8-10/h3,5,13H,2,4,6-8H2,1H3. The lowest BCUT2D eigenvalue weighted by Gasteiger charge is -2.21. The molecule has 0 bridgehead atoms. The molecule has 0 radical (unpaired) electrons. The normalized spacial score (nSPS) is 27.0. The third-order valence-corrected chi connectivity index (χ3v) is 2.63. The molecular weight excluding hydrogens is 180 g/mol. The van der Waals surface area contributed by atoms with Crippen molar-refractivity contribution in [3.63, 3.8) is 0 Å². The predicted octanol–water partition coefficient (Wildman–Crippen LogP) is 0.901. The highest BCUT2D eigenvalue weighted by molar-refractivity contribution is 5.13. The summed E-state index contributed by atoms with van der Waals surface area (Å²) in [5.41, 5.74) is 0.0722. The van der Waals surface area contributed by atoms with E-state index in [1.807, 2.05) is 10.7 Å². The maximum absolute atomic E-state index is 10.3. The van der Waals surface area contributed by atoms with Gasteiger partial charge < -0.3 is 9.84 Å². The monoisotopic (exact) mass is 196 g/mol. The van der Waals surface area contributed by atoms with Crippen LogP contribution in [0.15, 0.2) is 12.3 Å². The molecule has 14 heavy (non-hydrogen) atoms. The number of hydrogen-bond donors (Lipinski definition) is 1. The Balaban J connectivity index is 2.25. The highest BCUT2D eigenvalue weighted by Crippen LogP contribution is 2.29. The van der Waals surface area contributed by atoms with Crippen molar-refractivity contribution in [2.75, 3.05) is 13.2 Å². The van der Waals surface area contributed by atoms with Crippen molar-refractivity contribution in [2.24, 2.45) is 0 Å². The summed E-state index contributed by atoms with van der Waals surface area (Å²) in [6.45, 7) is 3.97. The fourth-order valence-corrected chi connectivity index (χ4v) is 1.87. The van der Waals surface area contributed by atoms with E-state index in [4.69, 9.17) is 4.74 Å². The molecule has 0 aliphatic carbocycles. The lowest BCUT2D eigenvalue weighted by molar-refractivity contribution is 0.0153. The van der Waals surface area contributed by atoms with Crippen LogP contribution < -0.4 is 0 Å². The number of aliphatic hydroxyl groups is 1. The van der Waals surface area contributed by atoms with Gasteiger partial charge in [0.2, 0.25) is 0 Å². The minimum atomic E-state index is -0.814. The first kappa shape index (κ1) is 9.68. The van der Waals surface area contributed by atoms with Crippen LogP contribution in [0.2, 0.25) is 0 Å². The Labute approximate surface area is 83.5 Å². The quantitative estimate of drug-likeness (QED) is 0.781. The Morgan fingerprint density at radius 2 is 2.57 bits per heavy atom. The van der Waals surface area contributed by atoms with Gasteiger partial charge in [0.05, 0.1) is 12.3 Å². The first-order valence-electron chi connectivity index (χ1n) is 5.09. The van der Waals surface area contributed by atoms with Gasteiger partial charge >= 0.3 is 0 Å². The number of hydrogen-bond acceptors (Lipinski definition) is 3. The van der Waals surface area contributed by atoms with Crippen LogP contribution in [0, 0.1) is 0 Å². The van der Waals surface area contributed by atoms with E-state index in [2.05, 4.69) is 12.0 Å². The second kappa shape index (κ2) is 3.71. The average Bonchev–Trinajstić information content (AvgIpc) is 2.75. The van der Waals surface area contributed by atoms with Crippen LogP contribution in [0.4, 0.5) is 0 Å². The summed E-state index contributed by atoms with van der Waals surface area (Å²) < 4.78 is 7.10. The van der Waals surface area contributed by atoms with E-state index in [9.17, 15) is 5.11 Å². The number of rotatable bonds is 3. The van der Waals surface area contributed by atoms with Crippen molar-refractivity contribution >= 4 is 0 Å². The molecular formula is C10H16N2O2. The first-order chi connectivity index (χ1) is 6.76. The summed E-state index contributed by atoms with van der Waals surface area (Å²) >= 11 is 0. The van der Waals surface area contributed by atoms with Crippen LogP contribution in [-0.2, 0) is 16.9 Å². The first-order valence-corrected chi connectivity index (χ1v) is 5.09. The van der Waals surface area contributed by atoms with E-state index < -0.39 is 5.60 Å². The van der Waals surface area contributed by atoms with E-state index >= 15 is 0 Å². The van der Waals surface area contributed by atoms with E-state index in [0.717, 1.165) is 18.7 Å². The van der Waals surface area contributed by atoms with E-state index in [1.54, 1.807) is 6.20 Å². The van der Waals surface area contributed by atoms with Gasteiger partial charge in [-0.1, -0.05) is 6.92 Å². The number of aromatic nitrogens is 2. The zero-order valence-corrected chi connectivity index (χ0v) is 8.44. The second-order valence-corrected chi connectivity index (χ2v) is 3.77. The third kappa shape index (κ3) is 1.55. The van der Waals surface area contributed by atoms with Gasteiger partial charge in [-0.05, 0) is 12.5 Å². The molecule has 78 valence electrons. The van der Waals surface area contributed by atoms with Gasteiger partial charge in [0, 0.05) is 25.8 Å². The molecule has 1 fully saturated rings. The van der Waals surface area contributed by atoms with Crippen molar-refractivity contribution in [1.82, 2.24) is 9.78 Å². The molecule has 1 atom stereocenters. The highest BCUT2D eigenvalue weighted by atomic mass is 16.5. The SMILES string of the molecule is CCCn1nccc1C1(O)CCOC1. The van der Waals surface area contributed by atoms with E-state index in [-0.39, 0.29) is 0 Å². The molecule has 4 heteroatoms. The van der Waals surface area contributed by atoms with Crippen molar-refractivity contribution in [3.05, 3.63) is 18.0 Å². The maximum Gasteiger partial charge on any atom is 0.131 e. The molecule has 1 aliphatic rings. The summed E-state index contributed by atoms with van der Waals surface area (Å²) in [4.78, 5) is 0. The van der Waals surface area contributed by atoms with Crippen LogP contribution in [0.5, 0.6) is 0 Å². The van der Waals surface area contributed by atoms with Gasteiger partial charge in [-0.3, -0.25) is 4.68 Å². The molecule has 1 aromatic rings. The minimum absolute atomic E-state index is 0.391. The smallest absolute Gasteiger partial charge is 0.131 e. The highest BCUT2D eigenvalue weighted by Gasteiger charge is 2.36. The molecule has 1 aliphatic heterocycles. The van der Waals surface area contributed by atoms with Crippen LogP contribution in [0.3, 0.4) is 0 Å². The molecule has 0 amide bonds. The third-order valence-electron chi connectivity index (χ3n) is 2.63. The molecule has 2 rings (SSSR count). The summed E-state index contributed by atoms with van der Waals surface area (Å²) in [5, 5.41) is 14.5. The molecule has 1 aromatic heterocycles. The predicted molar refractivity (Wildman–Crippen MR) is 51.9 cm³/mol. The van der Waals surface area contributed by atoms with Gasteiger partial charge in [-0.25, -0.2) is 0 Å². The Morgan fingerprint density at radius 3 is 3.21 bits per heavy atom. The Morgan fingerprint density at radius 1 is 1.71 bits per heavy atom. The minimum Gasteiger partial charge on any atom is -0.381 e. The lowest BCUT2D eigenvalue weighted by Crippen LogP contribution is -2.29. The fraction of sp³-hybridized carbons (Fsp3) is 0.700. The largest absolute Gasteiger partial charge is 0.381 e. The number of aryl methyl sites for hydroxylation is 1. The summed E-state index contributed by atoms with van der Waals surface area (Å²) in [6, 6.07) is 1.88. The van der Waals surface area contributed by atoms with Crippen LogP contribution in [-0.4, -0.2) is 28.1 Å². The number of ether oxygens (including phenoxy) is 1. The summed E-state index contributed by atoms with van der Waals surface area (Å²) in [7, 11) is 0. The molecule has 1 unspecified atom stereocenters. The van der Waals surface area contributed by atoms with Crippen molar-refractivity contribution in [1.29, 1.82) is 0 Å². The van der Waals surface area contributed by atoms with Crippen LogP contribution >= 0.6 is 0 Å². The molecule has 0 saturated carbocycles. The lowest BCUT2D eigenvalue weighted by atomic mass is 9.99.